The number of amides is 1. The molecule has 0 radical (unpaired) electrons. The second-order valence-corrected chi connectivity index (χ2v) is 7.38. The van der Waals surface area contributed by atoms with Crippen molar-refractivity contribution in [3.8, 4) is 0 Å². The van der Waals surface area contributed by atoms with Gasteiger partial charge in [-0.15, -0.1) is 0 Å². The van der Waals surface area contributed by atoms with Crippen molar-refractivity contribution >= 4 is 5.91 Å². The molecule has 138 valence electrons. The van der Waals surface area contributed by atoms with Gasteiger partial charge in [-0.25, -0.2) is 0 Å². The van der Waals surface area contributed by atoms with Crippen molar-refractivity contribution in [1.82, 2.24) is 14.8 Å². The highest BCUT2D eigenvalue weighted by atomic mass is 16.3. The van der Waals surface area contributed by atoms with E-state index in [4.69, 9.17) is 0 Å². The van der Waals surface area contributed by atoms with Crippen molar-refractivity contribution in [1.29, 1.82) is 0 Å². The number of rotatable bonds is 6. The molecule has 5 heteroatoms. The summed E-state index contributed by atoms with van der Waals surface area (Å²) < 4.78 is 0. The van der Waals surface area contributed by atoms with Crippen molar-refractivity contribution in [2.75, 3.05) is 20.1 Å². The van der Waals surface area contributed by atoms with Gasteiger partial charge in [-0.1, -0.05) is 35.9 Å². The van der Waals surface area contributed by atoms with Crippen molar-refractivity contribution in [3.63, 3.8) is 0 Å². The number of carbonyl (C=O) groups is 1. The molecule has 1 aromatic heterocycles. The number of aliphatic hydroxyl groups is 1. The molecule has 0 bridgehead atoms. The van der Waals surface area contributed by atoms with Crippen molar-refractivity contribution in [2.24, 2.45) is 0 Å². The number of likely N-dealkylation sites (N-methyl/N-ethyl adjacent to an activating group) is 1. The second kappa shape index (κ2) is 7.98. The molecule has 1 aromatic carbocycles. The number of piperidine rings is 1. The van der Waals surface area contributed by atoms with Gasteiger partial charge >= 0.3 is 0 Å². The molecule has 1 atom stereocenters. The molecule has 0 spiro atoms. The van der Waals surface area contributed by atoms with Crippen LogP contribution in [-0.4, -0.2) is 51.5 Å². The first-order chi connectivity index (χ1) is 12.5. The summed E-state index contributed by atoms with van der Waals surface area (Å²) >= 11 is 0. The fraction of sp³-hybridized carbons (Fsp3) is 0.429. The zero-order chi connectivity index (χ0) is 18.6. The van der Waals surface area contributed by atoms with Crippen LogP contribution >= 0.6 is 0 Å². The maximum absolute atomic E-state index is 13.0. The van der Waals surface area contributed by atoms with E-state index in [1.54, 1.807) is 11.1 Å². The highest BCUT2D eigenvalue weighted by molar-refractivity contribution is 5.86. The Balaban J connectivity index is 1.65. The van der Waals surface area contributed by atoms with E-state index in [-0.39, 0.29) is 5.91 Å². The SMILES string of the molecule is Cc1cccc(CN2CCCC(O)(CN(C)Cc3cccnc3)C2=O)c1. The van der Waals surface area contributed by atoms with Crippen LogP contribution in [0.5, 0.6) is 0 Å². The first-order valence-electron chi connectivity index (χ1n) is 9.11. The molecule has 1 aliphatic heterocycles. The highest BCUT2D eigenvalue weighted by Gasteiger charge is 2.42. The van der Waals surface area contributed by atoms with Gasteiger partial charge in [0.2, 0.25) is 0 Å². The minimum atomic E-state index is -1.32. The normalized spacial score (nSPS) is 20.6. The number of likely N-dealkylation sites (tertiary alicyclic amines) is 1. The Labute approximate surface area is 155 Å². The van der Waals surface area contributed by atoms with Gasteiger partial charge in [0.25, 0.3) is 5.91 Å². The Bertz CT molecular complexity index is 750. The Morgan fingerprint density at radius 1 is 1.27 bits per heavy atom. The lowest BCUT2D eigenvalue weighted by Gasteiger charge is -2.40. The van der Waals surface area contributed by atoms with Crippen molar-refractivity contribution in [3.05, 3.63) is 65.5 Å². The van der Waals surface area contributed by atoms with Crippen LogP contribution in [0.4, 0.5) is 0 Å². The summed E-state index contributed by atoms with van der Waals surface area (Å²) in [4.78, 5) is 20.9. The topological polar surface area (TPSA) is 56.7 Å². The predicted octanol–water partition coefficient (Wildman–Crippen LogP) is 2.38. The molecule has 1 amide bonds. The maximum atomic E-state index is 13.0. The number of carbonyl (C=O) groups excluding carboxylic acids is 1. The van der Waals surface area contributed by atoms with Crippen LogP contribution in [-0.2, 0) is 17.9 Å². The zero-order valence-electron chi connectivity index (χ0n) is 15.6. The molecule has 1 unspecified atom stereocenters. The van der Waals surface area contributed by atoms with E-state index in [0.717, 1.165) is 17.5 Å². The molecule has 2 aromatic rings. The molecule has 26 heavy (non-hydrogen) atoms. The van der Waals surface area contributed by atoms with Crippen molar-refractivity contribution in [2.45, 2.75) is 38.5 Å². The third-order valence-corrected chi connectivity index (χ3v) is 4.87. The minimum Gasteiger partial charge on any atom is -0.379 e. The van der Waals surface area contributed by atoms with Crippen LogP contribution in [0.3, 0.4) is 0 Å². The van der Waals surface area contributed by atoms with Gasteiger partial charge in [-0.2, -0.15) is 0 Å². The van der Waals surface area contributed by atoms with Crippen molar-refractivity contribution < 1.29 is 9.90 Å². The van der Waals surface area contributed by atoms with Gasteiger partial charge in [0.05, 0.1) is 0 Å². The monoisotopic (exact) mass is 353 g/mol. The summed E-state index contributed by atoms with van der Waals surface area (Å²) in [5.41, 5.74) is 2.03. The Morgan fingerprint density at radius 2 is 2.08 bits per heavy atom. The molecule has 0 saturated carbocycles. The maximum Gasteiger partial charge on any atom is 0.256 e. The summed E-state index contributed by atoms with van der Waals surface area (Å²) in [5, 5.41) is 11.0. The Kier molecular flexibility index (Phi) is 5.69. The summed E-state index contributed by atoms with van der Waals surface area (Å²) in [7, 11) is 1.93. The molecular formula is C21H27N3O2. The fourth-order valence-corrected chi connectivity index (χ4v) is 3.70. The van der Waals surface area contributed by atoms with E-state index in [9.17, 15) is 9.90 Å². The second-order valence-electron chi connectivity index (χ2n) is 7.38. The molecule has 1 N–H and O–H groups in total. The average molecular weight is 353 g/mol. The summed E-state index contributed by atoms with van der Waals surface area (Å²) in [5.74, 6) is -0.164. The molecule has 1 aliphatic rings. The number of pyridine rings is 1. The van der Waals surface area contributed by atoms with E-state index >= 15 is 0 Å². The lowest BCUT2D eigenvalue weighted by atomic mass is 9.90. The van der Waals surface area contributed by atoms with E-state index in [2.05, 4.69) is 11.1 Å². The van der Waals surface area contributed by atoms with Gasteiger partial charge < -0.3 is 10.0 Å². The minimum absolute atomic E-state index is 0.164. The van der Waals surface area contributed by atoms with Crippen LogP contribution in [0.1, 0.15) is 29.5 Å². The van der Waals surface area contributed by atoms with E-state index in [0.29, 0.717) is 32.6 Å². The lowest BCUT2D eigenvalue weighted by molar-refractivity contribution is -0.160. The average Bonchev–Trinajstić information content (AvgIpc) is 2.60. The van der Waals surface area contributed by atoms with Crippen LogP contribution in [0.2, 0.25) is 0 Å². The molecule has 2 heterocycles. The van der Waals surface area contributed by atoms with Gasteiger partial charge in [0.1, 0.15) is 0 Å². The standard InChI is InChI=1S/C21H27N3O2/c1-17-6-3-7-18(12-17)15-24-11-5-9-21(26,20(24)25)16-23(2)14-19-8-4-10-22-13-19/h3-4,6-8,10,12-13,26H,5,9,11,14-16H2,1-2H3. The largest absolute Gasteiger partial charge is 0.379 e. The summed E-state index contributed by atoms with van der Waals surface area (Å²) in [6.07, 6.45) is 4.88. The van der Waals surface area contributed by atoms with Crippen LogP contribution < -0.4 is 0 Å². The van der Waals surface area contributed by atoms with E-state index in [1.807, 2.05) is 55.4 Å². The third kappa shape index (κ3) is 4.48. The van der Waals surface area contributed by atoms with E-state index in [1.165, 1.54) is 5.56 Å². The molecule has 3 rings (SSSR count). The number of benzene rings is 1. The molecule has 1 fully saturated rings. The smallest absolute Gasteiger partial charge is 0.256 e. The lowest BCUT2D eigenvalue weighted by Crippen LogP contribution is -2.57. The van der Waals surface area contributed by atoms with Gasteiger partial charge in [-0.05, 0) is 44.0 Å². The number of hydrogen-bond acceptors (Lipinski definition) is 4. The summed E-state index contributed by atoms with van der Waals surface area (Å²) in [6.45, 7) is 4.27. The third-order valence-electron chi connectivity index (χ3n) is 4.87. The van der Waals surface area contributed by atoms with Crippen LogP contribution in [0.15, 0.2) is 48.8 Å². The summed E-state index contributed by atoms with van der Waals surface area (Å²) in [6, 6.07) is 12.1. The highest BCUT2D eigenvalue weighted by Crippen LogP contribution is 2.25. The van der Waals surface area contributed by atoms with Crippen LogP contribution in [0.25, 0.3) is 0 Å². The Morgan fingerprint density at radius 3 is 2.81 bits per heavy atom. The number of aryl methyl sites for hydroxylation is 1. The first-order valence-corrected chi connectivity index (χ1v) is 9.11. The first kappa shape index (κ1) is 18.5. The van der Waals surface area contributed by atoms with Gasteiger partial charge in [0.15, 0.2) is 5.60 Å². The molecule has 1 saturated heterocycles. The Hall–Kier alpha value is -2.24. The predicted molar refractivity (Wildman–Crippen MR) is 101 cm³/mol. The van der Waals surface area contributed by atoms with Gasteiger partial charge in [-0.3, -0.25) is 14.7 Å². The number of hydrogen-bond donors (Lipinski definition) is 1. The van der Waals surface area contributed by atoms with Crippen LogP contribution in [0, 0.1) is 6.92 Å². The van der Waals surface area contributed by atoms with E-state index < -0.39 is 5.60 Å². The quantitative estimate of drug-likeness (QED) is 0.866. The number of aromatic nitrogens is 1. The van der Waals surface area contributed by atoms with Gasteiger partial charge in [0, 0.05) is 38.6 Å². The molecule has 5 nitrogen and oxygen atoms in total. The fourth-order valence-electron chi connectivity index (χ4n) is 3.70. The molecular weight excluding hydrogens is 326 g/mol. The molecule has 0 aliphatic carbocycles. The zero-order valence-corrected chi connectivity index (χ0v) is 15.6. The number of nitrogens with zero attached hydrogens (tertiary/aromatic N) is 3.